The first-order chi connectivity index (χ1) is 8.96. The van der Waals surface area contributed by atoms with Crippen molar-refractivity contribution in [2.75, 3.05) is 14.2 Å². The maximum absolute atomic E-state index is 11.0. The molecule has 1 unspecified atom stereocenters. The van der Waals surface area contributed by atoms with Gasteiger partial charge in [0.25, 0.3) is 0 Å². The number of hydrogen-bond acceptors (Lipinski definition) is 3. The molecule has 0 aromatic heterocycles. The van der Waals surface area contributed by atoms with Gasteiger partial charge in [-0.2, -0.15) is 0 Å². The molecule has 0 radical (unpaired) electrons. The highest BCUT2D eigenvalue weighted by atomic mass is 79.9. The van der Waals surface area contributed by atoms with E-state index in [0.29, 0.717) is 17.9 Å². The summed E-state index contributed by atoms with van der Waals surface area (Å²) in [4.78, 5) is 11.0. The van der Waals surface area contributed by atoms with E-state index in [1.165, 1.54) is 0 Å². The van der Waals surface area contributed by atoms with Crippen LogP contribution in [0.25, 0.3) is 0 Å². The fourth-order valence-electron chi connectivity index (χ4n) is 1.94. The van der Waals surface area contributed by atoms with E-state index in [-0.39, 0.29) is 0 Å². The first kappa shape index (κ1) is 15.8. The van der Waals surface area contributed by atoms with Crippen molar-refractivity contribution in [1.29, 1.82) is 0 Å². The summed E-state index contributed by atoms with van der Waals surface area (Å²) < 4.78 is 11.6. The number of aryl methyl sites for hydroxylation is 1. The van der Waals surface area contributed by atoms with Crippen molar-refractivity contribution in [3.05, 3.63) is 21.7 Å². The molecule has 4 nitrogen and oxygen atoms in total. The van der Waals surface area contributed by atoms with Crippen LogP contribution in [0.15, 0.2) is 10.5 Å². The quantitative estimate of drug-likeness (QED) is 0.869. The highest BCUT2D eigenvalue weighted by molar-refractivity contribution is 9.10. The predicted molar refractivity (Wildman–Crippen MR) is 77.1 cm³/mol. The second-order valence-electron chi connectivity index (χ2n) is 4.36. The van der Waals surface area contributed by atoms with Gasteiger partial charge in [0.1, 0.15) is 0 Å². The number of carbonyl (C=O) groups is 1. The molecule has 0 saturated carbocycles. The number of aliphatic carboxylic acids is 1. The van der Waals surface area contributed by atoms with Gasteiger partial charge in [-0.1, -0.05) is 29.8 Å². The van der Waals surface area contributed by atoms with Crippen molar-refractivity contribution in [1.82, 2.24) is 0 Å². The lowest BCUT2D eigenvalue weighted by Gasteiger charge is -2.18. The summed E-state index contributed by atoms with van der Waals surface area (Å²) in [6, 6.07) is 1.91. The summed E-state index contributed by atoms with van der Waals surface area (Å²) >= 11 is 3.55. The zero-order chi connectivity index (χ0) is 14.6. The monoisotopic (exact) mass is 330 g/mol. The van der Waals surface area contributed by atoms with Gasteiger partial charge in [-0.25, -0.2) is 0 Å². The number of hydrogen-bond donors (Lipinski definition) is 1. The van der Waals surface area contributed by atoms with Crippen molar-refractivity contribution in [3.63, 3.8) is 0 Å². The minimum atomic E-state index is -0.824. The predicted octanol–water partition coefficient (Wildman–Crippen LogP) is 3.29. The summed E-state index contributed by atoms with van der Waals surface area (Å²) in [6.07, 6.45) is 1.22. The van der Waals surface area contributed by atoms with Crippen LogP contribution in [0, 0.1) is 5.92 Å². The van der Waals surface area contributed by atoms with E-state index < -0.39 is 11.9 Å². The fraction of sp³-hybridized carbons (Fsp3) is 0.500. The van der Waals surface area contributed by atoms with E-state index in [1.54, 1.807) is 21.1 Å². The van der Waals surface area contributed by atoms with Crippen molar-refractivity contribution < 1.29 is 19.4 Å². The number of ether oxygens (including phenoxy) is 2. The molecule has 106 valence electrons. The molecule has 0 bridgehead atoms. The Kier molecular flexibility index (Phi) is 5.66. The highest BCUT2D eigenvalue weighted by Crippen LogP contribution is 2.40. The first-order valence-electron chi connectivity index (χ1n) is 6.11. The molecule has 1 atom stereocenters. The molecule has 1 N–H and O–H groups in total. The van der Waals surface area contributed by atoms with Crippen LogP contribution in [-0.4, -0.2) is 25.3 Å². The number of carboxylic acids is 1. The second kappa shape index (κ2) is 6.80. The Morgan fingerprint density at radius 1 is 1.42 bits per heavy atom. The third-order valence-corrected chi connectivity index (χ3v) is 4.07. The SMILES string of the molecule is CCc1cc(OC)c(OC)c(CC(C)C(=O)O)c1Br. The lowest BCUT2D eigenvalue weighted by atomic mass is 9.97. The van der Waals surface area contributed by atoms with Crippen LogP contribution < -0.4 is 9.47 Å². The molecule has 5 heteroatoms. The number of methoxy groups -OCH3 is 2. The Morgan fingerprint density at radius 2 is 2.05 bits per heavy atom. The van der Waals surface area contributed by atoms with Gasteiger partial charge in [0, 0.05) is 10.0 Å². The molecule has 0 heterocycles. The molecule has 0 aliphatic carbocycles. The smallest absolute Gasteiger partial charge is 0.306 e. The first-order valence-corrected chi connectivity index (χ1v) is 6.90. The molecule has 1 aromatic rings. The van der Waals surface area contributed by atoms with Crippen molar-refractivity contribution in [2.24, 2.45) is 5.92 Å². The average Bonchev–Trinajstić information content (AvgIpc) is 2.40. The highest BCUT2D eigenvalue weighted by Gasteiger charge is 2.21. The summed E-state index contributed by atoms with van der Waals surface area (Å²) in [5.74, 6) is -0.0772. The molecular weight excluding hydrogens is 312 g/mol. The Labute approximate surface area is 121 Å². The molecule has 0 saturated heterocycles. The van der Waals surface area contributed by atoms with E-state index in [0.717, 1.165) is 22.0 Å². The summed E-state index contributed by atoms with van der Waals surface area (Å²) in [5, 5.41) is 9.06. The van der Waals surface area contributed by atoms with E-state index in [9.17, 15) is 4.79 Å². The zero-order valence-electron chi connectivity index (χ0n) is 11.6. The van der Waals surface area contributed by atoms with Gasteiger partial charge in [-0.05, 0) is 24.5 Å². The average molecular weight is 331 g/mol. The number of benzene rings is 1. The summed E-state index contributed by atoms with van der Waals surface area (Å²) in [7, 11) is 3.14. The molecule has 1 rings (SSSR count). The zero-order valence-corrected chi connectivity index (χ0v) is 13.2. The van der Waals surface area contributed by atoms with Crippen LogP contribution >= 0.6 is 15.9 Å². The lowest BCUT2D eigenvalue weighted by Crippen LogP contribution is -2.14. The van der Waals surface area contributed by atoms with Crippen LogP contribution in [0.2, 0.25) is 0 Å². The molecule has 19 heavy (non-hydrogen) atoms. The third-order valence-electron chi connectivity index (χ3n) is 3.09. The Morgan fingerprint density at radius 3 is 2.47 bits per heavy atom. The van der Waals surface area contributed by atoms with Crippen molar-refractivity contribution in [2.45, 2.75) is 26.7 Å². The van der Waals surface area contributed by atoms with Crippen LogP contribution in [0.5, 0.6) is 11.5 Å². The van der Waals surface area contributed by atoms with Crippen LogP contribution in [-0.2, 0) is 17.6 Å². The fourth-order valence-corrected chi connectivity index (χ4v) is 2.67. The topological polar surface area (TPSA) is 55.8 Å². The van der Waals surface area contributed by atoms with Crippen molar-refractivity contribution in [3.8, 4) is 11.5 Å². The van der Waals surface area contributed by atoms with Crippen LogP contribution in [0.4, 0.5) is 0 Å². The Balaban J connectivity index is 3.36. The second-order valence-corrected chi connectivity index (χ2v) is 5.15. The maximum atomic E-state index is 11.0. The summed E-state index contributed by atoms with van der Waals surface area (Å²) in [5.41, 5.74) is 1.92. The molecule has 1 aromatic carbocycles. The van der Waals surface area contributed by atoms with Gasteiger partial charge in [-0.3, -0.25) is 4.79 Å². The van der Waals surface area contributed by atoms with Crippen LogP contribution in [0.1, 0.15) is 25.0 Å². The maximum Gasteiger partial charge on any atom is 0.306 e. The van der Waals surface area contributed by atoms with Crippen molar-refractivity contribution >= 4 is 21.9 Å². The minimum absolute atomic E-state index is 0.392. The van der Waals surface area contributed by atoms with Gasteiger partial charge in [0.2, 0.25) is 0 Å². The number of rotatable bonds is 6. The lowest BCUT2D eigenvalue weighted by molar-refractivity contribution is -0.141. The third kappa shape index (κ3) is 3.41. The molecule has 0 aliphatic heterocycles. The van der Waals surface area contributed by atoms with Gasteiger partial charge in [0.15, 0.2) is 11.5 Å². The largest absolute Gasteiger partial charge is 0.493 e. The standard InChI is InChI=1S/C14H19BrO4/c1-5-9-7-11(18-3)13(19-4)10(12(9)15)6-8(2)14(16)17/h7-8H,5-6H2,1-4H3,(H,16,17). The van der Waals surface area contributed by atoms with E-state index in [4.69, 9.17) is 14.6 Å². The molecular formula is C14H19BrO4. The summed E-state index contributed by atoms with van der Waals surface area (Å²) in [6.45, 7) is 3.72. The van der Waals surface area contributed by atoms with E-state index in [2.05, 4.69) is 15.9 Å². The van der Waals surface area contributed by atoms with Gasteiger partial charge in [0.05, 0.1) is 20.1 Å². The van der Waals surface area contributed by atoms with Gasteiger partial charge in [-0.15, -0.1) is 0 Å². The number of carboxylic acid groups (broad SMARTS) is 1. The van der Waals surface area contributed by atoms with Crippen LogP contribution in [0.3, 0.4) is 0 Å². The number of halogens is 1. The normalized spacial score (nSPS) is 12.1. The van der Waals surface area contributed by atoms with E-state index in [1.807, 2.05) is 13.0 Å². The Bertz CT molecular complexity index is 471. The van der Waals surface area contributed by atoms with Gasteiger partial charge >= 0.3 is 5.97 Å². The minimum Gasteiger partial charge on any atom is -0.493 e. The molecule has 0 aliphatic rings. The molecule has 0 fully saturated rings. The van der Waals surface area contributed by atoms with E-state index >= 15 is 0 Å². The van der Waals surface area contributed by atoms with Gasteiger partial charge < -0.3 is 14.6 Å². The molecule has 0 amide bonds. The molecule has 0 spiro atoms. The Hall–Kier alpha value is -1.23.